The molecule has 0 N–H and O–H groups in total. The van der Waals surface area contributed by atoms with Crippen LogP contribution in [0.25, 0.3) is 0 Å². The van der Waals surface area contributed by atoms with Crippen molar-refractivity contribution in [3.8, 4) is 5.75 Å². The van der Waals surface area contributed by atoms with Crippen LogP contribution in [0.5, 0.6) is 5.75 Å². The van der Waals surface area contributed by atoms with Crippen molar-refractivity contribution in [2.75, 3.05) is 14.2 Å². The van der Waals surface area contributed by atoms with Crippen LogP contribution >= 0.6 is 11.6 Å². The van der Waals surface area contributed by atoms with Gasteiger partial charge in [0.05, 0.1) is 19.2 Å². The smallest absolute Gasteiger partial charge is 0.341 e. The molecule has 0 heterocycles. The van der Waals surface area contributed by atoms with Crippen molar-refractivity contribution >= 4 is 17.6 Å². The van der Waals surface area contributed by atoms with Gasteiger partial charge in [0.1, 0.15) is 5.56 Å². The van der Waals surface area contributed by atoms with Crippen LogP contribution in [0.2, 0.25) is 5.02 Å². The molecule has 0 unspecified atom stereocenters. The van der Waals surface area contributed by atoms with Crippen LogP contribution in [0, 0.1) is 12.7 Å². The summed E-state index contributed by atoms with van der Waals surface area (Å²) in [6.07, 6.45) is 0. The maximum absolute atomic E-state index is 13.7. The molecule has 1 rings (SSSR count). The lowest BCUT2D eigenvalue weighted by molar-refractivity contribution is 0.0593. The van der Waals surface area contributed by atoms with Crippen LogP contribution in [0.4, 0.5) is 4.39 Å². The molecule has 0 aliphatic carbocycles. The minimum Gasteiger partial charge on any atom is -0.492 e. The minimum absolute atomic E-state index is 0.125. The van der Waals surface area contributed by atoms with Crippen molar-refractivity contribution in [2.45, 2.75) is 6.92 Å². The largest absolute Gasteiger partial charge is 0.492 e. The molecule has 0 saturated carbocycles. The molecule has 0 amide bonds. The van der Waals surface area contributed by atoms with E-state index in [0.717, 1.165) is 0 Å². The van der Waals surface area contributed by atoms with Crippen molar-refractivity contribution in [1.29, 1.82) is 0 Å². The summed E-state index contributed by atoms with van der Waals surface area (Å²) in [4.78, 5) is 11.3. The fraction of sp³-hybridized carbons (Fsp3) is 0.300. The molecule has 1 aromatic rings. The number of halogens is 2. The Kier molecular flexibility index (Phi) is 3.52. The van der Waals surface area contributed by atoms with E-state index in [-0.39, 0.29) is 16.3 Å². The van der Waals surface area contributed by atoms with Crippen molar-refractivity contribution < 1.29 is 18.7 Å². The van der Waals surface area contributed by atoms with E-state index in [1.807, 2.05) is 0 Å². The maximum Gasteiger partial charge on any atom is 0.341 e. The molecule has 0 aliphatic heterocycles. The third kappa shape index (κ3) is 2.04. The van der Waals surface area contributed by atoms with Gasteiger partial charge in [-0.15, -0.1) is 0 Å². The highest BCUT2D eigenvalue weighted by Crippen LogP contribution is 2.32. The molecule has 0 spiro atoms. The predicted octanol–water partition coefficient (Wildman–Crippen LogP) is 2.58. The summed E-state index contributed by atoms with van der Waals surface area (Å²) in [5, 5.41) is 0.125. The van der Waals surface area contributed by atoms with Crippen LogP contribution in [0.1, 0.15) is 15.9 Å². The van der Waals surface area contributed by atoms with E-state index < -0.39 is 11.8 Å². The van der Waals surface area contributed by atoms with Crippen LogP contribution in [0.3, 0.4) is 0 Å². The lowest BCUT2D eigenvalue weighted by Gasteiger charge is -2.10. The summed E-state index contributed by atoms with van der Waals surface area (Å²) in [5.41, 5.74) is 0.254. The van der Waals surface area contributed by atoms with Crippen LogP contribution in [-0.2, 0) is 4.74 Å². The zero-order valence-electron chi connectivity index (χ0n) is 8.56. The molecule has 0 fully saturated rings. The highest BCUT2D eigenvalue weighted by molar-refractivity contribution is 6.32. The third-order valence-corrected chi connectivity index (χ3v) is 2.25. The van der Waals surface area contributed by atoms with Gasteiger partial charge in [-0.05, 0) is 18.6 Å². The normalized spacial score (nSPS) is 9.93. The van der Waals surface area contributed by atoms with Gasteiger partial charge in [-0.2, -0.15) is 0 Å². The number of ether oxygens (including phenoxy) is 2. The van der Waals surface area contributed by atoms with Gasteiger partial charge < -0.3 is 9.47 Å². The van der Waals surface area contributed by atoms with Gasteiger partial charge in [-0.25, -0.2) is 9.18 Å². The summed E-state index contributed by atoms with van der Waals surface area (Å²) < 4.78 is 22.9. The molecule has 0 atom stereocenters. The molecule has 82 valence electrons. The van der Waals surface area contributed by atoms with E-state index in [1.54, 1.807) is 6.92 Å². The minimum atomic E-state index is -0.797. The zero-order valence-corrected chi connectivity index (χ0v) is 9.31. The van der Waals surface area contributed by atoms with Crippen molar-refractivity contribution in [2.24, 2.45) is 0 Å². The van der Waals surface area contributed by atoms with E-state index in [1.165, 1.54) is 20.3 Å². The van der Waals surface area contributed by atoms with Gasteiger partial charge in [-0.1, -0.05) is 11.6 Å². The number of hydrogen-bond acceptors (Lipinski definition) is 3. The summed E-state index contributed by atoms with van der Waals surface area (Å²) >= 11 is 5.74. The second-order valence-corrected chi connectivity index (χ2v) is 3.30. The van der Waals surface area contributed by atoms with Crippen LogP contribution in [0.15, 0.2) is 6.07 Å². The SMILES string of the molecule is COC(=O)c1c(C)cc(Cl)c(OC)c1F. The van der Waals surface area contributed by atoms with E-state index >= 15 is 0 Å². The number of hydrogen-bond donors (Lipinski definition) is 0. The number of carbonyl (C=O) groups excluding carboxylic acids is 1. The quantitative estimate of drug-likeness (QED) is 0.736. The lowest BCUT2D eigenvalue weighted by atomic mass is 10.1. The Balaban J connectivity index is 3.45. The number of rotatable bonds is 2. The van der Waals surface area contributed by atoms with Gasteiger partial charge in [0.15, 0.2) is 11.6 Å². The summed E-state index contributed by atoms with van der Waals surface area (Å²) in [7, 11) is 2.46. The zero-order chi connectivity index (χ0) is 11.6. The summed E-state index contributed by atoms with van der Waals surface area (Å²) in [6, 6.07) is 1.45. The first-order valence-corrected chi connectivity index (χ1v) is 4.51. The molecule has 0 saturated heterocycles. The second kappa shape index (κ2) is 4.49. The number of aryl methyl sites for hydroxylation is 1. The first-order valence-electron chi connectivity index (χ1n) is 4.13. The monoisotopic (exact) mass is 232 g/mol. The van der Waals surface area contributed by atoms with Crippen molar-refractivity contribution in [1.82, 2.24) is 0 Å². The molecule has 0 bridgehead atoms. The van der Waals surface area contributed by atoms with Crippen LogP contribution in [-0.4, -0.2) is 20.2 Å². The Bertz CT molecular complexity index is 404. The third-order valence-electron chi connectivity index (χ3n) is 1.97. The molecular formula is C10H10ClFO3. The van der Waals surface area contributed by atoms with E-state index in [0.29, 0.717) is 5.56 Å². The molecule has 3 nitrogen and oxygen atoms in total. The standard InChI is InChI=1S/C10H10ClFO3/c1-5-4-6(11)9(14-2)8(12)7(5)10(13)15-3/h4H,1-3H3. The second-order valence-electron chi connectivity index (χ2n) is 2.89. The summed E-state index contributed by atoms with van der Waals surface area (Å²) in [5.74, 6) is -1.70. The fourth-order valence-electron chi connectivity index (χ4n) is 1.26. The van der Waals surface area contributed by atoms with Gasteiger partial charge in [0.2, 0.25) is 0 Å². The fourth-order valence-corrected chi connectivity index (χ4v) is 1.58. The predicted molar refractivity (Wildman–Crippen MR) is 54.0 cm³/mol. The van der Waals surface area contributed by atoms with E-state index in [4.69, 9.17) is 16.3 Å². The Hall–Kier alpha value is -1.29. The van der Waals surface area contributed by atoms with Gasteiger partial charge in [0, 0.05) is 0 Å². The average molecular weight is 233 g/mol. The first kappa shape index (κ1) is 11.8. The Morgan fingerprint density at radius 2 is 2.07 bits per heavy atom. The van der Waals surface area contributed by atoms with Crippen molar-refractivity contribution in [3.63, 3.8) is 0 Å². The van der Waals surface area contributed by atoms with Gasteiger partial charge >= 0.3 is 5.97 Å². The molecule has 0 aliphatic rings. The summed E-state index contributed by atoms with van der Waals surface area (Å²) in [6.45, 7) is 1.57. The van der Waals surface area contributed by atoms with Crippen LogP contribution < -0.4 is 4.74 Å². The maximum atomic E-state index is 13.7. The number of benzene rings is 1. The van der Waals surface area contributed by atoms with E-state index in [2.05, 4.69) is 4.74 Å². The molecule has 0 aromatic heterocycles. The molecule has 15 heavy (non-hydrogen) atoms. The average Bonchev–Trinajstić information content (AvgIpc) is 2.17. The van der Waals surface area contributed by atoms with E-state index in [9.17, 15) is 9.18 Å². The number of esters is 1. The Labute approximate surface area is 91.7 Å². The number of methoxy groups -OCH3 is 2. The molecule has 5 heteroatoms. The highest BCUT2D eigenvalue weighted by Gasteiger charge is 2.21. The Morgan fingerprint density at radius 3 is 2.53 bits per heavy atom. The van der Waals surface area contributed by atoms with Gasteiger partial charge in [-0.3, -0.25) is 0 Å². The molecule has 0 radical (unpaired) electrons. The Morgan fingerprint density at radius 1 is 1.47 bits per heavy atom. The number of carbonyl (C=O) groups is 1. The molecule has 1 aromatic carbocycles. The topological polar surface area (TPSA) is 35.5 Å². The highest BCUT2D eigenvalue weighted by atomic mass is 35.5. The van der Waals surface area contributed by atoms with Gasteiger partial charge in [0.25, 0.3) is 0 Å². The lowest BCUT2D eigenvalue weighted by Crippen LogP contribution is -2.08. The molecular weight excluding hydrogens is 223 g/mol. The van der Waals surface area contributed by atoms with Crippen molar-refractivity contribution in [3.05, 3.63) is 28.0 Å². The first-order chi connectivity index (χ1) is 7.02.